The predicted molar refractivity (Wildman–Crippen MR) is 59.7 cm³/mol. The lowest BCUT2D eigenvalue weighted by Crippen LogP contribution is -2.24. The number of carboxylic acids is 1. The number of rotatable bonds is 2. The van der Waals surface area contributed by atoms with Crippen molar-refractivity contribution in [3.05, 3.63) is 54.1 Å². The van der Waals surface area contributed by atoms with Gasteiger partial charge in [-0.05, 0) is 5.56 Å². The molecule has 80 valence electrons. The van der Waals surface area contributed by atoms with Crippen molar-refractivity contribution in [3.63, 3.8) is 0 Å². The molecule has 0 fully saturated rings. The summed E-state index contributed by atoms with van der Waals surface area (Å²) in [5.41, 5.74) is 1.21. The maximum Gasteiger partial charge on any atom is 0.318 e. The van der Waals surface area contributed by atoms with Gasteiger partial charge in [-0.2, -0.15) is 0 Å². The van der Waals surface area contributed by atoms with Crippen LogP contribution in [0.25, 0.3) is 5.57 Å². The van der Waals surface area contributed by atoms with E-state index in [1.807, 2.05) is 18.2 Å². The van der Waals surface area contributed by atoms with Gasteiger partial charge in [-0.25, -0.2) is 0 Å². The molecule has 3 heteroatoms. The Balaban J connectivity index is 2.37. The van der Waals surface area contributed by atoms with Gasteiger partial charge in [0, 0.05) is 5.57 Å². The molecule has 1 aromatic carbocycles. The van der Waals surface area contributed by atoms with Gasteiger partial charge in [0.05, 0.1) is 0 Å². The fourth-order valence-electron chi connectivity index (χ4n) is 1.65. The molecular formula is C13H10O3. The van der Waals surface area contributed by atoms with E-state index in [4.69, 9.17) is 5.11 Å². The monoisotopic (exact) mass is 214 g/mol. The van der Waals surface area contributed by atoms with E-state index in [0.717, 1.165) is 5.56 Å². The Morgan fingerprint density at radius 2 is 1.88 bits per heavy atom. The van der Waals surface area contributed by atoms with Crippen LogP contribution < -0.4 is 0 Å². The lowest BCUT2D eigenvalue weighted by molar-refractivity contribution is -0.142. The smallest absolute Gasteiger partial charge is 0.318 e. The molecule has 1 aromatic rings. The second-order valence-electron chi connectivity index (χ2n) is 3.51. The predicted octanol–water partition coefficient (Wildman–Crippen LogP) is 1.91. The number of benzene rings is 1. The first-order valence-corrected chi connectivity index (χ1v) is 4.91. The number of hydrogen-bond acceptors (Lipinski definition) is 2. The van der Waals surface area contributed by atoms with Gasteiger partial charge in [-0.15, -0.1) is 0 Å². The Morgan fingerprint density at radius 1 is 1.19 bits per heavy atom. The van der Waals surface area contributed by atoms with E-state index < -0.39 is 11.9 Å². The lowest BCUT2D eigenvalue weighted by atomic mass is 9.89. The van der Waals surface area contributed by atoms with Crippen molar-refractivity contribution in [1.82, 2.24) is 0 Å². The summed E-state index contributed by atoms with van der Waals surface area (Å²) in [6.07, 6.45) is 4.66. The topological polar surface area (TPSA) is 54.4 Å². The summed E-state index contributed by atoms with van der Waals surface area (Å²) >= 11 is 0. The van der Waals surface area contributed by atoms with E-state index in [0.29, 0.717) is 5.57 Å². The minimum atomic E-state index is -1.11. The first kappa shape index (κ1) is 10.4. The standard InChI is InChI=1S/C13H10O3/c14-12-10(9-5-2-1-3-6-9)7-4-8-11(12)13(15)16/h1-8,11H,(H,15,16). The van der Waals surface area contributed by atoms with Gasteiger partial charge in [0.1, 0.15) is 5.92 Å². The second kappa shape index (κ2) is 4.14. The lowest BCUT2D eigenvalue weighted by Gasteiger charge is -2.13. The Kier molecular flexibility index (Phi) is 2.68. The van der Waals surface area contributed by atoms with Crippen LogP contribution in [0.15, 0.2) is 48.6 Å². The summed E-state index contributed by atoms with van der Waals surface area (Å²) in [6.45, 7) is 0. The van der Waals surface area contributed by atoms with E-state index in [2.05, 4.69) is 0 Å². The van der Waals surface area contributed by atoms with Gasteiger partial charge in [-0.1, -0.05) is 48.6 Å². The van der Waals surface area contributed by atoms with Crippen molar-refractivity contribution >= 4 is 17.3 Å². The van der Waals surface area contributed by atoms with Crippen LogP contribution in [0.5, 0.6) is 0 Å². The average molecular weight is 214 g/mol. The number of carboxylic acid groups (broad SMARTS) is 1. The quantitative estimate of drug-likeness (QED) is 0.765. The molecular weight excluding hydrogens is 204 g/mol. The summed E-state index contributed by atoms with van der Waals surface area (Å²) in [5.74, 6) is -2.52. The molecule has 1 aliphatic carbocycles. The zero-order valence-electron chi connectivity index (χ0n) is 8.46. The van der Waals surface area contributed by atoms with Crippen molar-refractivity contribution in [2.45, 2.75) is 0 Å². The van der Waals surface area contributed by atoms with Gasteiger partial charge in [0.2, 0.25) is 0 Å². The fraction of sp³-hybridized carbons (Fsp3) is 0.0769. The largest absolute Gasteiger partial charge is 0.480 e. The van der Waals surface area contributed by atoms with Crippen molar-refractivity contribution in [2.75, 3.05) is 0 Å². The second-order valence-corrected chi connectivity index (χ2v) is 3.51. The molecule has 1 unspecified atom stereocenters. The van der Waals surface area contributed by atoms with E-state index in [1.165, 1.54) is 6.08 Å². The molecule has 1 aliphatic rings. The van der Waals surface area contributed by atoms with Crippen molar-refractivity contribution < 1.29 is 14.7 Å². The molecule has 2 rings (SSSR count). The molecule has 0 radical (unpaired) electrons. The van der Waals surface area contributed by atoms with Crippen LogP contribution in [-0.4, -0.2) is 16.9 Å². The molecule has 3 nitrogen and oxygen atoms in total. The van der Waals surface area contributed by atoms with E-state index in [1.54, 1.807) is 24.3 Å². The SMILES string of the molecule is O=C(O)C1C=CC=C(c2ccccc2)C1=O. The van der Waals surface area contributed by atoms with Crippen LogP contribution in [0.4, 0.5) is 0 Å². The van der Waals surface area contributed by atoms with Crippen molar-refractivity contribution in [2.24, 2.45) is 5.92 Å². The number of carbonyl (C=O) groups is 2. The maximum atomic E-state index is 11.9. The molecule has 16 heavy (non-hydrogen) atoms. The molecule has 0 bridgehead atoms. The van der Waals surface area contributed by atoms with Gasteiger partial charge in [0.15, 0.2) is 5.78 Å². The molecule has 0 aliphatic heterocycles. The first-order chi connectivity index (χ1) is 7.70. The van der Waals surface area contributed by atoms with Gasteiger partial charge in [-0.3, -0.25) is 9.59 Å². The van der Waals surface area contributed by atoms with Crippen LogP contribution in [0.2, 0.25) is 0 Å². The van der Waals surface area contributed by atoms with Gasteiger partial charge < -0.3 is 5.11 Å². The molecule has 0 spiro atoms. The third kappa shape index (κ3) is 1.80. The number of carbonyl (C=O) groups excluding carboxylic acids is 1. The summed E-state index contributed by atoms with van der Waals surface area (Å²) in [6, 6.07) is 9.07. The minimum Gasteiger partial charge on any atom is -0.480 e. The normalized spacial score (nSPS) is 19.4. The van der Waals surface area contributed by atoms with Crippen molar-refractivity contribution in [3.8, 4) is 0 Å². The van der Waals surface area contributed by atoms with Crippen LogP contribution in [0.3, 0.4) is 0 Å². The fourth-order valence-corrected chi connectivity index (χ4v) is 1.65. The Labute approximate surface area is 92.7 Å². The highest BCUT2D eigenvalue weighted by atomic mass is 16.4. The highest BCUT2D eigenvalue weighted by molar-refractivity contribution is 6.28. The van der Waals surface area contributed by atoms with Crippen LogP contribution in [-0.2, 0) is 9.59 Å². The first-order valence-electron chi connectivity index (χ1n) is 4.91. The molecule has 0 aromatic heterocycles. The Bertz CT molecular complexity index is 483. The number of hydrogen-bond donors (Lipinski definition) is 1. The summed E-state index contributed by atoms with van der Waals surface area (Å²) in [5, 5.41) is 8.87. The number of allylic oxidation sites excluding steroid dienone is 3. The molecule has 0 amide bonds. The highest BCUT2D eigenvalue weighted by Crippen LogP contribution is 2.23. The van der Waals surface area contributed by atoms with Crippen LogP contribution >= 0.6 is 0 Å². The molecule has 1 N–H and O–H groups in total. The Morgan fingerprint density at radius 3 is 2.50 bits per heavy atom. The minimum absolute atomic E-state index is 0.360. The van der Waals surface area contributed by atoms with Crippen molar-refractivity contribution in [1.29, 1.82) is 0 Å². The van der Waals surface area contributed by atoms with Gasteiger partial charge >= 0.3 is 5.97 Å². The highest BCUT2D eigenvalue weighted by Gasteiger charge is 2.28. The molecule has 0 heterocycles. The molecule has 0 saturated carbocycles. The van der Waals surface area contributed by atoms with E-state index >= 15 is 0 Å². The number of Topliss-reactive ketones (excluding diaryl/α,β-unsaturated/α-hetero) is 1. The number of ketones is 1. The summed E-state index contributed by atoms with van der Waals surface area (Å²) in [4.78, 5) is 22.7. The van der Waals surface area contributed by atoms with Gasteiger partial charge in [0.25, 0.3) is 0 Å². The summed E-state index contributed by atoms with van der Waals surface area (Å²) < 4.78 is 0. The zero-order valence-corrected chi connectivity index (χ0v) is 8.46. The zero-order chi connectivity index (χ0) is 11.5. The Hall–Kier alpha value is -2.16. The third-order valence-corrected chi connectivity index (χ3v) is 2.47. The van der Waals surface area contributed by atoms with E-state index in [9.17, 15) is 9.59 Å². The number of aliphatic carboxylic acids is 1. The van der Waals surface area contributed by atoms with E-state index in [-0.39, 0.29) is 5.78 Å². The van der Waals surface area contributed by atoms with Crippen LogP contribution in [0.1, 0.15) is 5.56 Å². The average Bonchev–Trinajstić information content (AvgIpc) is 2.30. The molecule has 1 atom stereocenters. The summed E-state index contributed by atoms with van der Waals surface area (Å²) in [7, 11) is 0. The maximum absolute atomic E-state index is 11.9. The van der Waals surface area contributed by atoms with Crippen LogP contribution in [0, 0.1) is 5.92 Å². The molecule has 0 saturated heterocycles. The third-order valence-electron chi connectivity index (χ3n) is 2.47.